The van der Waals surface area contributed by atoms with Gasteiger partial charge in [0.05, 0.1) is 10.9 Å². The van der Waals surface area contributed by atoms with Crippen LogP contribution in [0.2, 0.25) is 0 Å². The van der Waals surface area contributed by atoms with Gasteiger partial charge < -0.3 is 15.5 Å². The average molecular weight is 345 g/mol. The van der Waals surface area contributed by atoms with E-state index >= 15 is 0 Å². The smallest absolute Gasteiger partial charge is 0.261 e. The van der Waals surface area contributed by atoms with E-state index in [-0.39, 0.29) is 24.3 Å². The minimum atomic E-state index is -0.134. The molecule has 5 nitrogen and oxygen atoms in total. The third-order valence-electron chi connectivity index (χ3n) is 3.47. The Labute approximate surface area is 146 Å². The largest absolute Gasteiger partial charge is 0.351 e. The van der Waals surface area contributed by atoms with Crippen LogP contribution in [-0.2, 0) is 4.79 Å². The van der Waals surface area contributed by atoms with Crippen LogP contribution in [0.1, 0.15) is 27.7 Å². The molecule has 0 aliphatic rings. The first-order valence-corrected chi connectivity index (χ1v) is 8.75. The topological polar surface area (TPSA) is 61.4 Å². The van der Waals surface area contributed by atoms with Crippen molar-refractivity contribution in [1.29, 1.82) is 0 Å². The van der Waals surface area contributed by atoms with Gasteiger partial charge in [-0.1, -0.05) is 36.4 Å². The van der Waals surface area contributed by atoms with E-state index in [9.17, 15) is 9.59 Å². The Morgan fingerprint density at radius 1 is 1.12 bits per heavy atom. The van der Waals surface area contributed by atoms with E-state index in [1.54, 1.807) is 6.07 Å². The SMILES string of the molecule is CN(C)C[C@H](NC(=O)CCNC(=O)c1cccs1)c1ccccc1. The zero-order chi connectivity index (χ0) is 17.4. The maximum atomic E-state index is 12.2. The van der Waals surface area contributed by atoms with E-state index in [1.807, 2.05) is 60.8 Å². The van der Waals surface area contributed by atoms with Crippen molar-refractivity contribution in [3.8, 4) is 0 Å². The van der Waals surface area contributed by atoms with Crippen LogP contribution >= 0.6 is 11.3 Å². The van der Waals surface area contributed by atoms with Crippen molar-refractivity contribution in [2.75, 3.05) is 27.2 Å². The van der Waals surface area contributed by atoms with Crippen molar-refractivity contribution in [3.63, 3.8) is 0 Å². The summed E-state index contributed by atoms with van der Waals surface area (Å²) in [6.45, 7) is 1.04. The summed E-state index contributed by atoms with van der Waals surface area (Å²) >= 11 is 1.39. The fraction of sp³-hybridized carbons (Fsp3) is 0.333. The van der Waals surface area contributed by atoms with Crippen molar-refractivity contribution < 1.29 is 9.59 Å². The highest BCUT2D eigenvalue weighted by molar-refractivity contribution is 7.12. The van der Waals surface area contributed by atoms with E-state index in [2.05, 4.69) is 10.6 Å². The van der Waals surface area contributed by atoms with Crippen LogP contribution in [0, 0.1) is 0 Å². The second kappa shape index (κ2) is 9.20. The summed E-state index contributed by atoms with van der Waals surface area (Å²) in [7, 11) is 3.95. The molecule has 128 valence electrons. The Hall–Kier alpha value is -2.18. The van der Waals surface area contributed by atoms with E-state index in [1.165, 1.54) is 11.3 Å². The first kappa shape index (κ1) is 18.2. The van der Waals surface area contributed by atoms with Gasteiger partial charge in [-0.15, -0.1) is 11.3 Å². The summed E-state index contributed by atoms with van der Waals surface area (Å²) < 4.78 is 0. The number of carbonyl (C=O) groups excluding carboxylic acids is 2. The van der Waals surface area contributed by atoms with E-state index in [0.717, 1.165) is 12.1 Å². The third kappa shape index (κ3) is 5.79. The molecule has 0 bridgehead atoms. The fourth-order valence-corrected chi connectivity index (χ4v) is 2.98. The molecule has 0 saturated heterocycles. The number of hydrogen-bond acceptors (Lipinski definition) is 4. The fourth-order valence-electron chi connectivity index (χ4n) is 2.34. The van der Waals surface area contributed by atoms with Crippen molar-refractivity contribution in [3.05, 3.63) is 58.3 Å². The number of thiophene rings is 1. The maximum absolute atomic E-state index is 12.2. The number of benzene rings is 1. The highest BCUT2D eigenvalue weighted by atomic mass is 32.1. The summed E-state index contributed by atoms with van der Waals surface area (Å²) in [5.74, 6) is -0.206. The molecule has 24 heavy (non-hydrogen) atoms. The van der Waals surface area contributed by atoms with Gasteiger partial charge in [-0.25, -0.2) is 0 Å². The molecule has 0 aliphatic heterocycles. The summed E-state index contributed by atoms with van der Waals surface area (Å²) in [5, 5.41) is 7.67. The second-order valence-corrected chi connectivity index (χ2v) is 6.72. The van der Waals surface area contributed by atoms with Gasteiger partial charge in [0.1, 0.15) is 0 Å². The molecule has 1 heterocycles. The molecule has 6 heteroatoms. The number of carbonyl (C=O) groups is 2. The lowest BCUT2D eigenvalue weighted by molar-refractivity contribution is -0.121. The average Bonchev–Trinajstić information content (AvgIpc) is 3.09. The molecule has 2 amide bonds. The summed E-state index contributed by atoms with van der Waals surface area (Å²) in [5.41, 5.74) is 1.07. The van der Waals surface area contributed by atoms with Gasteiger partial charge in [-0.05, 0) is 31.1 Å². The first-order chi connectivity index (χ1) is 11.6. The number of nitrogens with one attached hydrogen (secondary N) is 2. The second-order valence-electron chi connectivity index (χ2n) is 5.78. The lowest BCUT2D eigenvalue weighted by Gasteiger charge is -2.23. The predicted molar refractivity (Wildman–Crippen MR) is 97.1 cm³/mol. The number of nitrogens with zero attached hydrogens (tertiary/aromatic N) is 1. The van der Waals surface area contributed by atoms with E-state index in [4.69, 9.17) is 0 Å². The Morgan fingerprint density at radius 3 is 2.50 bits per heavy atom. The van der Waals surface area contributed by atoms with Gasteiger partial charge in [0.15, 0.2) is 0 Å². The van der Waals surface area contributed by atoms with Crippen LogP contribution in [0.15, 0.2) is 47.8 Å². The number of hydrogen-bond donors (Lipinski definition) is 2. The molecular weight excluding hydrogens is 322 g/mol. The van der Waals surface area contributed by atoms with Crippen LogP contribution in [0.25, 0.3) is 0 Å². The van der Waals surface area contributed by atoms with Crippen molar-refractivity contribution in [2.24, 2.45) is 0 Å². The van der Waals surface area contributed by atoms with Gasteiger partial charge in [-0.3, -0.25) is 9.59 Å². The maximum Gasteiger partial charge on any atom is 0.261 e. The van der Waals surface area contributed by atoms with Crippen molar-refractivity contribution in [2.45, 2.75) is 12.5 Å². The van der Waals surface area contributed by atoms with Crippen LogP contribution in [-0.4, -0.2) is 43.9 Å². The molecule has 1 atom stereocenters. The molecule has 1 aromatic carbocycles. The van der Waals surface area contributed by atoms with Gasteiger partial charge in [-0.2, -0.15) is 0 Å². The molecular formula is C18H23N3O2S. The summed E-state index contributed by atoms with van der Waals surface area (Å²) in [6.07, 6.45) is 0.258. The Bertz CT molecular complexity index is 642. The zero-order valence-corrected chi connectivity index (χ0v) is 14.8. The van der Waals surface area contributed by atoms with Crippen LogP contribution < -0.4 is 10.6 Å². The van der Waals surface area contributed by atoms with Gasteiger partial charge >= 0.3 is 0 Å². The molecule has 2 rings (SSSR count). The minimum absolute atomic E-state index is 0.0679. The first-order valence-electron chi connectivity index (χ1n) is 7.87. The standard InChI is InChI=1S/C18H23N3O2S/c1-21(2)13-15(14-7-4-3-5-8-14)20-17(22)10-11-19-18(23)16-9-6-12-24-16/h3-9,12,15H,10-11,13H2,1-2H3,(H,19,23)(H,20,22)/t15-/m0/s1. The predicted octanol–water partition coefficient (Wildman–Crippen LogP) is 2.29. The molecule has 0 aliphatic carbocycles. The molecule has 1 aromatic heterocycles. The van der Waals surface area contributed by atoms with Gasteiger partial charge in [0, 0.05) is 19.5 Å². The Kier molecular flexibility index (Phi) is 6.96. The lowest BCUT2D eigenvalue weighted by Crippen LogP contribution is -2.37. The summed E-state index contributed by atoms with van der Waals surface area (Å²) in [4.78, 5) is 26.7. The van der Waals surface area contributed by atoms with Crippen molar-refractivity contribution in [1.82, 2.24) is 15.5 Å². The summed E-state index contributed by atoms with van der Waals surface area (Å²) in [6, 6.07) is 13.4. The molecule has 0 fully saturated rings. The number of amides is 2. The molecule has 0 radical (unpaired) electrons. The molecule has 0 spiro atoms. The Morgan fingerprint density at radius 2 is 1.88 bits per heavy atom. The molecule has 2 N–H and O–H groups in total. The van der Waals surface area contributed by atoms with Gasteiger partial charge in [0.25, 0.3) is 5.91 Å². The minimum Gasteiger partial charge on any atom is -0.351 e. The normalized spacial score (nSPS) is 12.0. The number of likely N-dealkylation sites (N-methyl/N-ethyl adjacent to an activating group) is 1. The Balaban J connectivity index is 1.83. The lowest BCUT2D eigenvalue weighted by atomic mass is 10.1. The van der Waals surface area contributed by atoms with Gasteiger partial charge in [0.2, 0.25) is 5.91 Å². The van der Waals surface area contributed by atoms with Crippen LogP contribution in [0.3, 0.4) is 0 Å². The number of rotatable bonds is 8. The van der Waals surface area contributed by atoms with Crippen LogP contribution in [0.5, 0.6) is 0 Å². The molecule has 0 saturated carbocycles. The quantitative estimate of drug-likeness (QED) is 0.772. The highest BCUT2D eigenvalue weighted by Gasteiger charge is 2.15. The monoisotopic (exact) mass is 345 g/mol. The van der Waals surface area contributed by atoms with E-state index < -0.39 is 0 Å². The van der Waals surface area contributed by atoms with Crippen molar-refractivity contribution >= 4 is 23.2 Å². The highest BCUT2D eigenvalue weighted by Crippen LogP contribution is 2.13. The van der Waals surface area contributed by atoms with E-state index in [0.29, 0.717) is 11.4 Å². The zero-order valence-electron chi connectivity index (χ0n) is 14.0. The van der Waals surface area contributed by atoms with Crippen LogP contribution in [0.4, 0.5) is 0 Å². The molecule has 2 aromatic rings. The third-order valence-corrected chi connectivity index (χ3v) is 4.34. The molecule has 0 unspecified atom stereocenters.